The molecule has 3 N–H and O–H groups in total. The normalized spacial score (nSPS) is 13.7. The van der Waals surface area contributed by atoms with Gasteiger partial charge < -0.3 is 11.1 Å². The van der Waals surface area contributed by atoms with Crippen LogP contribution in [0.4, 0.5) is 5.69 Å². The molecule has 0 aliphatic heterocycles. The number of benzene rings is 2. The molecule has 0 heterocycles. The van der Waals surface area contributed by atoms with Crippen LogP contribution in [-0.4, -0.2) is 11.8 Å². The van der Waals surface area contributed by atoms with E-state index >= 15 is 0 Å². The molecule has 0 aromatic heterocycles. The number of rotatable bonds is 4. The van der Waals surface area contributed by atoms with E-state index < -0.39 is 5.91 Å². The maximum Gasteiger partial charge on any atom is 0.250 e. The summed E-state index contributed by atoms with van der Waals surface area (Å²) in [6, 6.07) is 13.4. The molecule has 4 heteroatoms. The van der Waals surface area contributed by atoms with Crippen molar-refractivity contribution in [2.75, 3.05) is 5.32 Å². The number of aryl methyl sites for hydroxylation is 1. The second kappa shape index (κ2) is 5.64. The van der Waals surface area contributed by atoms with Crippen LogP contribution in [-0.2, 0) is 4.79 Å². The van der Waals surface area contributed by atoms with Crippen LogP contribution in [0.2, 0.25) is 0 Å². The third-order valence-electron chi connectivity index (χ3n) is 3.92. The third kappa shape index (κ3) is 2.86. The van der Waals surface area contributed by atoms with E-state index in [1.54, 1.807) is 6.07 Å². The molecule has 22 heavy (non-hydrogen) atoms. The van der Waals surface area contributed by atoms with Crippen LogP contribution in [0.1, 0.15) is 28.8 Å². The average Bonchev–Trinajstić information content (AvgIpc) is 3.34. The Morgan fingerprint density at radius 3 is 2.41 bits per heavy atom. The molecule has 0 unspecified atom stereocenters. The number of carbonyl (C=O) groups excluding carboxylic acids is 2. The van der Waals surface area contributed by atoms with Crippen molar-refractivity contribution in [3.05, 3.63) is 53.6 Å². The third-order valence-corrected chi connectivity index (χ3v) is 3.92. The van der Waals surface area contributed by atoms with Crippen LogP contribution in [0.5, 0.6) is 0 Å². The number of amides is 2. The van der Waals surface area contributed by atoms with Crippen molar-refractivity contribution in [2.24, 2.45) is 11.7 Å². The van der Waals surface area contributed by atoms with Crippen molar-refractivity contribution in [3.63, 3.8) is 0 Å². The Morgan fingerprint density at radius 2 is 1.82 bits per heavy atom. The van der Waals surface area contributed by atoms with Gasteiger partial charge in [0.1, 0.15) is 0 Å². The summed E-state index contributed by atoms with van der Waals surface area (Å²) in [7, 11) is 0. The topological polar surface area (TPSA) is 72.2 Å². The first kappa shape index (κ1) is 14.3. The van der Waals surface area contributed by atoms with Gasteiger partial charge in [-0.25, -0.2) is 0 Å². The van der Waals surface area contributed by atoms with Gasteiger partial charge in [-0.2, -0.15) is 0 Å². The highest BCUT2D eigenvalue weighted by atomic mass is 16.2. The molecule has 1 aliphatic rings. The highest BCUT2D eigenvalue weighted by Crippen LogP contribution is 2.33. The molecule has 4 nitrogen and oxygen atoms in total. The van der Waals surface area contributed by atoms with Crippen molar-refractivity contribution >= 4 is 17.5 Å². The number of hydrogen-bond donors (Lipinski definition) is 2. The first-order chi connectivity index (χ1) is 10.6. The van der Waals surface area contributed by atoms with Crippen molar-refractivity contribution in [2.45, 2.75) is 19.8 Å². The first-order valence-corrected chi connectivity index (χ1v) is 7.37. The Hall–Kier alpha value is -2.62. The average molecular weight is 294 g/mol. The molecule has 1 saturated carbocycles. The summed E-state index contributed by atoms with van der Waals surface area (Å²) in [5.41, 5.74) is 9.27. The van der Waals surface area contributed by atoms with Gasteiger partial charge in [0.25, 0.3) is 5.91 Å². The zero-order valence-corrected chi connectivity index (χ0v) is 12.4. The second-order valence-corrected chi connectivity index (χ2v) is 5.71. The van der Waals surface area contributed by atoms with Gasteiger partial charge in [0.15, 0.2) is 0 Å². The number of primary amides is 1. The van der Waals surface area contributed by atoms with Gasteiger partial charge in [-0.3, -0.25) is 9.59 Å². The van der Waals surface area contributed by atoms with Crippen LogP contribution < -0.4 is 11.1 Å². The van der Waals surface area contributed by atoms with Gasteiger partial charge in [0.2, 0.25) is 5.91 Å². The van der Waals surface area contributed by atoms with Gasteiger partial charge in [-0.1, -0.05) is 30.3 Å². The van der Waals surface area contributed by atoms with Crippen LogP contribution in [0.15, 0.2) is 42.5 Å². The fourth-order valence-electron chi connectivity index (χ4n) is 2.52. The number of anilines is 1. The molecule has 2 aromatic rings. The van der Waals surface area contributed by atoms with Gasteiger partial charge in [-0.15, -0.1) is 0 Å². The van der Waals surface area contributed by atoms with E-state index in [1.165, 1.54) is 0 Å². The maximum atomic E-state index is 12.0. The van der Waals surface area contributed by atoms with Crippen molar-refractivity contribution < 1.29 is 9.59 Å². The molecule has 0 radical (unpaired) electrons. The highest BCUT2D eigenvalue weighted by molar-refractivity contribution is 6.05. The number of hydrogen-bond acceptors (Lipinski definition) is 2. The fraction of sp³-hybridized carbons (Fsp3) is 0.222. The predicted molar refractivity (Wildman–Crippen MR) is 86.5 cm³/mol. The van der Waals surface area contributed by atoms with Gasteiger partial charge in [0.05, 0.1) is 11.3 Å². The lowest BCUT2D eigenvalue weighted by atomic mass is 9.96. The minimum atomic E-state index is -0.534. The molecule has 112 valence electrons. The van der Waals surface area contributed by atoms with E-state index in [9.17, 15) is 9.59 Å². The van der Waals surface area contributed by atoms with Crippen molar-refractivity contribution in [1.82, 2.24) is 0 Å². The zero-order chi connectivity index (χ0) is 15.7. The van der Waals surface area contributed by atoms with E-state index in [0.29, 0.717) is 11.3 Å². The molecule has 2 aromatic carbocycles. The standard InChI is InChI=1S/C18H18N2O2/c1-11-9-15(17(19)21)16(20-18(22)13-7-8-13)10-14(11)12-5-3-2-4-6-12/h2-6,9-10,13H,7-8H2,1H3,(H2,19,21)(H,20,22). The number of nitrogens with one attached hydrogen (secondary N) is 1. The minimum Gasteiger partial charge on any atom is -0.366 e. The molecular weight excluding hydrogens is 276 g/mol. The number of nitrogens with two attached hydrogens (primary N) is 1. The summed E-state index contributed by atoms with van der Waals surface area (Å²) in [4.78, 5) is 23.7. The SMILES string of the molecule is Cc1cc(C(N)=O)c(NC(=O)C2CC2)cc1-c1ccccc1. The largest absolute Gasteiger partial charge is 0.366 e. The van der Waals surface area contributed by atoms with Crippen molar-refractivity contribution in [1.29, 1.82) is 0 Å². The molecule has 0 saturated heterocycles. The van der Waals surface area contributed by atoms with E-state index in [1.807, 2.05) is 43.3 Å². The summed E-state index contributed by atoms with van der Waals surface area (Å²) >= 11 is 0. The van der Waals surface area contributed by atoms with E-state index in [4.69, 9.17) is 5.73 Å². The van der Waals surface area contributed by atoms with E-state index in [0.717, 1.165) is 29.5 Å². The molecule has 1 aliphatic carbocycles. The molecule has 1 fully saturated rings. The van der Waals surface area contributed by atoms with Gasteiger partial charge >= 0.3 is 0 Å². The molecule has 0 atom stereocenters. The number of carbonyl (C=O) groups is 2. The summed E-state index contributed by atoms with van der Waals surface area (Å²) in [6.45, 7) is 1.93. The predicted octanol–water partition coefficient (Wildman–Crippen LogP) is 3.11. The lowest BCUT2D eigenvalue weighted by Crippen LogP contribution is -2.19. The molecular formula is C18H18N2O2. The second-order valence-electron chi connectivity index (χ2n) is 5.71. The lowest BCUT2D eigenvalue weighted by Gasteiger charge is -2.14. The van der Waals surface area contributed by atoms with Crippen LogP contribution in [0, 0.1) is 12.8 Å². The summed E-state index contributed by atoms with van der Waals surface area (Å²) in [5.74, 6) is -0.499. The van der Waals surface area contributed by atoms with Crippen LogP contribution in [0.3, 0.4) is 0 Å². The van der Waals surface area contributed by atoms with Gasteiger partial charge in [0, 0.05) is 5.92 Å². The van der Waals surface area contributed by atoms with Crippen LogP contribution in [0.25, 0.3) is 11.1 Å². The first-order valence-electron chi connectivity index (χ1n) is 7.37. The monoisotopic (exact) mass is 294 g/mol. The fourth-order valence-corrected chi connectivity index (χ4v) is 2.52. The smallest absolute Gasteiger partial charge is 0.250 e. The van der Waals surface area contributed by atoms with Crippen molar-refractivity contribution in [3.8, 4) is 11.1 Å². The maximum absolute atomic E-state index is 12.0. The minimum absolute atomic E-state index is 0.0367. The Bertz CT molecular complexity index is 734. The summed E-state index contributed by atoms with van der Waals surface area (Å²) < 4.78 is 0. The molecule has 2 amide bonds. The Labute approximate surface area is 129 Å². The van der Waals surface area contributed by atoms with E-state index in [-0.39, 0.29) is 11.8 Å². The molecule has 0 spiro atoms. The highest BCUT2D eigenvalue weighted by Gasteiger charge is 2.30. The lowest BCUT2D eigenvalue weighted by molar-refractivity contribution is -0.117. The van der Waals surface area contributed by atoms with E-state index in [2.05, 4.69) is 5.32 Å². The van der Waals surface area contributed by atoms with Crippen LogP contribution >= 0.6 is 0 Å². The molecule has 3 rings (SSSR count). The quantitative estimate of drug-likeness (QED) is 0.909. The Balaban J connectivity index is 2.05. The summed E-state index contributed by atoms with van der Waals surface area (Å²) in [5, 5.41) is 2.85. The summed E-state index contributed by atoms with van der Waals surface area (Å²) in [6.07, 6.45) is 1.82. The Morgan fingerprint density at radius 1 is 1.14 bits per heavy atom. The van der Waals surface area contributed by atoms with Gasteiger partial charge in [-0.05, 0) is 48.6 Å². The zero-order valence-electron chi connectivity index (χ0n) is 12.4. The molecule has 0 bridgehead atoms. The Kier molecular flexibility index (Phi) is 3.67.